The van der Waals surface area contributed by atoms with E-state index in [9.17, 15) is 14.7 Å². The number of carboxylic acids is 1. The molecule has 1 aliphatic heterocycles. The molecular weight excluding hydrogens is 344 g/mol. The van der Waals surface area contributed by atoms with Gasteiger partial charge in [0.2, 0.25) is 0 Å². The summed E-state index contributed by atoms with van der Waals surface area (Å²) in [6.45, 7) is 10.6. The van der Waals surface area contributed by atoms with E-state index in [2.05, 4.69) is 26.8 Å². The fourth-order valence-electron chi connectivity index (χ4n) is 6.37. The van der Waals surface area contributed by atoms with Crippen LogP contribution in [0, 0.1) is 16.7 Å². The molecule has 4 atom stereocenters. The number of carbonyl (C=O) groups is 2. The van der Waals surface area contributed by atoms with Gasteiger partial charge in [-0.05, 0) is 55.9 Å². The quantitative estimate of drug-likeness (QED) is 0.576. The average Bonchev–Trinajstić information content (AvgIpc) is 2.86. The highest BCUT2D eigenvalue weighted by Gasteiger charge is 2.65. The molecular formula is C22H34O5. The van der Waals surface area contributed by atoms with E-state index in [1.54, 1.807) is 0 Å². The SMILES string of the molecule is CC(=O)OCC1=CC[C@@H]2C(C)(C)CCC[C@]2(C)[C@]12CC[C@](C)(CC(=O)O)O2. The first kappa shape index (κ1) is 20.4. The highest BCUT2D eigenvalue weighted by molar-refractivity contribution is 5.68. The molecule has 1 saturated carbocycles. The largest absolute Gasteiger partial charge is 0.481 e. The molecule has 0 aromatic carbocycles. The van der Waals surface area contributed by atoms with Gasteiger partial charge in [-0.25, -0.2) is 0 Å². The number of esters is 1. The van der Waals surface area contributed by atoms with Gasteiger partial charge in [-0.2, -0.15) is 0 Å². The molecule has 0 aromatic rings. The first-order chi connectivity index (χ1) is 12.4. The topological polar surface area (TPSA) is 72.8 Å². The van der Waals surface area contributed by atoms with Crippen LogP contribution in [0.5, 0.6) is 0 Å². The minimum absolute atomic E-state index is 0.000263. The van der Waals surface area contributed by atoms with Crippen LogP contribution >= 0.6 is 0 Å². The van der Waals surface area contributed by atoms with E-state index < -0.39 is 17.2 Å². The normalized spacial score (nSPS) is 40.3. The Morgan fingerprint density at radius 3 is 2.52 bits per heavy atom. The van der Waals surface area contributed by atoms with Crippen LogP contribution in [-0.4, -0.2) is 34.9 Å². The van der Waals surface area contributed by atoms with Gasteiger partial charge in [-0.3, -0.25) is 9.59 Å². The lowest BCUT2D eigenvalue weighted by molar-refractivity contribution is -0.196. The minimum atomic E-state index is -0.832. The molecule has 0 amide bonds. The lowest BCUT2D eigenvalue weighted by Crippen LogP contribution is -2.60. The Kier molecular flexibility index (Phi) is 4.99. The third kappa shape index (κ3) is 3.32. The van der Waals surface area contributed by atoms with Crippen molar-refractivity contribution in [2.24, 2.45) is 16.7 Å². The molecule has 5 heteroatoms. The fraction of sp³-hybridized carbons (Fsp3) is 0.818. The number of hydrogen-bond donors (Lipinski definition) is 1. The van der Waals surface area contributed by atoms with Crippen LogP contribution < -0.4 is 0 Å². The molecule has 2 aliphatic carbocycles. The zero-order valence-electron chi connectivity index (χ0n) is 17.4. The molecule has 1 N–H and O–H groups in total. The van der Waals surface area contributed by atoms with Gasteiger partial charge in [-0.15, -0.1) is 0 Å². The van der Waals surface area contributed by atoms with Gasteiger partial charge >= 0.3 is 11.9 Å². The highest BCUT2D eigenvalue weighted by atomic mass is 16.5. The van der Waals surface area contributed by atoms with Crippen molar-refractivity contribution in [3.8, 4) is 0 Å². The van der Waals surface area contributed by atoms with E-state index in [-0.39, 0.29) is 29.8 Å². The second-order valence-electron chi connectivity index (χ2n) is 10.0. The summed E-state index contributed by atoms with van der Waals surface area (Å²) in [5.41, 5.74) is -0.0855. The van der Waals surface area contributed by atoms with Gasteiger partial charge in [-0.1, -0.05) is 33.3 Å². The predicted molar refractivity (Wildman–Crippen MR) is 102 cm³/mol. The molecule has 0 bridgehead atoms. The first-order valence-corrected chi connectivity index (χ1v) is 10.2. The summed E-state index contributed by atoms with van der Waals surface area (Å²) in [5.74, 6) is -0.665. The monoisotopic (exact) mass is 378 g/mol. The first-order valence-electron chi connectivity index (χ1n) is 10.2. The lowest BCUT2D eigenvalue weighted by Gasteiger charge is -2.61. The Hall–Kier alpha value is -1.36. The molecule has 152 valence electrons. The van der Waals surface area contributed by atoms with Gasteiger partial charge in [0.1, 0.15) is 6.61 Å². The average molecular weight is 379 g/mol. The van der Waals surface area contributed by atoms with Crippen molar-refractivity contribution >= 4 is 11.9 Å². The summed E-state index contributed by atoms with van der Waals surface area (Å²) in [5, 5.41) is 9.38. The zero-order chi connectivity index (χ0) is 20.1. The van der Waals surface area contributed by atoms with Gasteiger partial charge in [0, 0.05) is 12.3 Å². The summed E-state index contributed by atoms with van der Waals surface area (Å²) in [7, 11) is 0. The Bertz CT molecular complexity index is 666. The minimum Gasteiger partial charge on any atom is -0.481 e. The van der Waals surface area contributed by atoms with Gasteiger partial charge < -0.3 is 14.6 Å². The third-order valence-electron chi connectivity index (χ3n) is 7.65. The second-order valence-corrected chi connectivity index (χ2v) is 10.0. The van der Waals surface area contributed by atoms with Crippen molar-refractivity contribution in [1.82, 2.24) is 0 Å². The molecule has 0 aromatic heterocycles. The van der Waals surface area contributed by atoms with Crippen LogP contribution in [0.1, 0.15) is 79.6 Å². The predicted octanol–water partition coefficient (Wildman–Crippen LogP) is 4.49. The number of carboxylic acid groups (broad SMARTS) is 1. The molecule has 3 aliphatic rings. The fourth-order valence-corrected chi connectivity index (χ4v) is 6.37. The second kappa shape index (κ2) is 6.61. The lowest BCUT2D eigenvalue weighted by atomic mass is 9.46. The molecule has 27 heavy (non-hydrogen) atoms. The summed E-state index contributed by atoms with van der Waals surface area (Å²) in [4.78, 5) is 22.9. The van der Waals surface area contributed by atoms with E-state index in [1.807, 2.05) is 6.92 Å². The van der Waals surface area contributed by atoms with Crippen LogP contribution in [0.25, 0.3) is 0 Å². The Balaban J connectivity index is 2.04. The van der Waals surface area contributed by atoms with Crippen molar-refractivity contribution in [3.05, 3.63) is 11.6 Å². The summed E-state index contributed by atoms with van der Waals surface area (Å²) < 4.78 is 12.1. The molecule has 5 nitrogen and oxygen atoms in total. The number of hydrogen-bond acceptors (Lipinski definition) is 4. The Labute approximate surface area is 162 Å². The number of allylic oxidation sites excluding steroid dienone is 1. The van der Waals surface area contributed by atoms with Crippen LogP contribution in [0.4, 0.5) is 0 Å². The van der Waals surface area contributed by atoms with E-state index in [4.69, 9.17) is 9.47 Å². The van der Waals surface area contributed by atoms with Crippen LogP contribution in [-0.2, 0) is 19.1 Å². The molecule has 1 saturated heterocycles. The number of rotatable bonds is 4. The maximum absolute atomic E-state index is 11.5. The number of aliphatic carboxylic acids is 1. The van der Waals surface area contributed by atoms with Gasteiger partial charge in [0.15, 0.2) is 0 Å². The van der Waals surface area contributed by atoms with Crippen LogP contribution in [0.2, 0.25) is 0 Å². The maximum Gasteiger partial charge on any atom is 0.306 e. The smallest absolute Gasteiger partial charge is 0.306 e. The standard InChI is InChI=1S/C22H34O5/c1-15(23)26-14-16-7-8-17-19(2,3)9-6-10-21(17,5)22(16)12-11-20(4,27-22)13-18(24)25/h7,17H,6,8-14H2,1-5H3,(H,24,25)/t17-,20-,21+,22+/m1/s1. The van der Waals surface area contributed by atoms with Gasteiger partial charge in [0.25, 0.3) is 0 Å². The Morgan fingerprint density at radius 1 is 1.19 bits per heavy atom. The Morgan fingerprint density at radius 2 is 1.89 bits per heavy atom. The van der Waals surface area contributed by atoms with Crippen molar-refractivity contribution in [1.29, 1.82) is 0 Å². The van der Waals surface area contributed by atoms with Crippen molar-refractivity contribution in [2.45, 2.75) is 90.8 Å². The summed E-state index contributed by atoms with van der Waals surface area (Å²) in [6.07, 6.45) is 8.06. The van der Waals surface area contributed by atoms with E-state index in [0.29, 0.717) is 12.3 Å². The molecule has 0 unspecified atom stereocenters. The third-order valence-corrected chi connectivity index (χ3v) is 7.65. The maximum atomic E-state index is 11.5. The summed E-state index contributed by atoms with van der Waals surface area (Å²) >= 11 is 0. The molecule has 2 fully saturated rings. The van der Waals surface area contributed by atoms with Crippen LogP contribution in [0.3, 0.4) is 0 Å². The molecule has 1 heterocycles. The number of carbonyl (C=O) groups excluding carboxylic acids is 1. The van der Waals surface area contributed by atoms with E-state index in [0.717, 1.165) is 31.3 Å². The van der Waals surface area contributed by atoms with E-state index in [1.165, 1.54) is 13.3 Å². The van der Waals surface area contributed by atoms with Gasteiger partial charge in [0.05, 0.1) is 17.6 Å². The molecule has 3 rings (SSSR count). The zero-order valence-corrected chi connectivity index (χ0v) is 17.4. The van der Waals surface area contributed by atoms with Crippen molar-refractivity contribution in [2.75, 3.05) is 6.61 Å². The van der Waals surface area contributed by atoms with E-state index >= 15 is 0 Å². The van der Waals surface area contributed by atoms with Crippen molar-refractivity contribution < 1.29 is 24.2 Å². The number of ether oxygens (including phenoxy) is 2. The molecule has 0 radical (unpaired) electrons. The summed E-state index contributed by atoms with van der Waals surface area (Å²) in [6, 6.07) is 0. The molecule has 1 spiro atoms. The van der Waals surface area contributed by atoms with Crippen LogP contribution in [0.15, 0.2) is 11.6 Å². The van der Waals surface area contributed by atoms with Crippen molar-refractivity contribution in [3.63, 3.8) is 0 Å². The number of fused-ring (bicyclic) bond motifs is 2. The highest BCUT2D eigenvalue weighted by Crippen LogP contribution is 2.66.